The molecular weight excluding hydrogens is 621 g/mol. The van der Waals surface area contributed by atoms with Gasteiger partial charge >= 0.3 is 11.9 Å². The number of aliphatic hydroxyl groups is 1. The fourth-order valence-corrected chi connectivity index (χ4v) is 5.60. The lowest BCUT2D eigenvalue weighted by Crippen LogP contribution is -2.59. The smallest absolute Gasteiger partial charge is 0.336 e. The zero-order valence-electron chi connectivity index (χ0n) is 25.9. The van der Waals surface area contributed by atoms with Crippen LogP contribution in [0.4, 0.5) is 0 Å². The van der Waals surface area contributed by atoms with Gasteiger partial charge in [0.05, 0.1) is 40.1 Å². The molecule has 0 spiro atoms. The first kappa shape index (κ1) is 35.9. The number of halogens is 2. The molecule has 2 aromatic carbocycles. The Morgan fingerprint density at radius 2 is 1.62 bits per heavy atom. The summed E-state index contributed by atoms with van der Waals surface area (Å²) in [5.41, 5.74) is 11.5. The van der Waals surface area contributed by atoms with Crippen molar-refractivity contribution in [2.75, 3.05) is 13.2 Å². The first-order valence-corrected chi connectivity index (χ1v) is 15.4. The average Bonchev–Trinajstić information content (AvgIpc) is 2.94. The lowest BCUT2D eigenvalue weighted by atomic mass is 9.80. The van der Waals surface area contributed by atoms with Crippen molar-refractivity contribution >= 4 is 41.0 Å². The number of ether oxygens (including phenoxy) is 2. The van der Waals surface area contributed by atoms with Gasteiger partial charge in [-0.1, -0.05) is 53.9 Å². The van der Waals surface area contributed by atoms with Gasteiger partial charge in [-0.15, -0.1) is 0 Å². The van der Waals surface area contributed by atoms with Crippen molar-refractivity contribution in [2.45, 2.75) is 76.9 Å². The molecule has 2 aromatic rings. The minimum absolute atomic E-state index is 0.0184. The Kier molecular flexibility index (Phi) is 12.1. The van der Waals surface area contributed by atoms with Crippen LogP contribution in [0.25, 0.3) is 0 Å². The van der Waals surface area contributed by atoms with E-state index in [0.29, 0.717) is 48.4 Å². The number of carbonyl (C=O) groups excluding carboxylic acids is 2. The van der Waals surface area contributed by atoms with E-state index in [4.69, 9.17) is 44.1 Å². The Hall–Kier alpha value is -3.57. The second-order valence-electron chi connectivity index (χ2n) is 11.8. The molecule has 12 heteroatoms. The summed E-state index contributed by atoms with van der Waals surface area (Å²) in [6, 6.07) is 11.8. The van der Waals surface area contributed by atoms with Gasteiger partial charge in [0.25, 0.3) is 0 Å². The molecule has 1 aliphatic rings. The number of nitrogens with one attached hydrogen (secondary N) is 1. The minimum Gasteiger partial charge on any atom is -0.491 e. The van der Waals surface area contributed by atoms with Crippen LogP contribution >= 0.6 is 23.2 Å². The lowest BCUT2D eigenvalue weighted by Gasteiger charge is -2.39. The van der Waals surface area contributed by atoms with E-state index in [1.165, 1.54) is 0 Å². The summed E-state index contributed by atoms with van der Waals surface area (Å²) >= 11 is 12.7. The molecule has 0 saturated heterocycles. The quantitative estimate of drug-likeness (QED) is 0.130. The van der Waals surface area contributed by atoms with E-state index < -0.39 is 34.9 Å². The van der Waals surface area contributed by atoms with Crippen molar-refractivity contribution in [3.63, 3.8) is 0 Å². The van der Waals surface area contributed by atoms with Crippen LogP contribution < -0.4 is 21.5 Å². The molecule has 244 valence electrons. The van der Waals surface area contributed by atoms with Gasteiger partial charge in [0.1, 0.15) is 18.0 Å². The predicted octanol–water partition coefficient (Wildman–Crippen LogP) is 4.99. The number of hydrogen-bond donors (Lipinski definition) is 5. The summed E-state index contributed by atoms with van der Waals surface area (Å²) in [5.74, 6) is -2.72. The highest BCUT2D eigenvalue weighted by molar-refractivity contribution is 6.42. The number of aliphatic carboxylic acids is 1. The highest BCUT2D eigenvalue weighted by Crippen LogP contribution is 2.43. The topological polar surface area (TPSA) is 174 Å². The summed E-state index contributed by atoms with van der Waals surface area (Å²) in [4.78, 5) is 36.7. The molecule has 0 saturated carbocycles. The fourth-order valence-electron chi connectivity index (χ4n) is 5.18. The number of benzene rings is 2. The van der Waals surface area contributed by atoms with E-state index in [-0.39, 0.29) is 40.8 Å². The third kappa shape index (κ3) is 9.00. The van der Waals surface area contributed by atoms with Gasteiger partial charge in [-0.3, -0.25) is 4.79 Å². The molecule has 3 rings (SSSR count). The number of carbonyl (C=O) groups is 3. The maximum Gasteiger partial charge on any atom is 0.336 e. The number of nitrogens with two attached hydrogens (primary N) is 2. The third-order valence-electron chi connectivity index (χ3n) is 8.13. The first-order valence-electron chi connectivity index (χ1n) is 14.6. The minimum atomic E-state index is -1.35. The second-order valence-corrected chi connectivity index (χ2v) is 12.6. The normalized spacial score (nSPS) is 17.6. The SMILES string of the molecule is CC1=C(C(=O)O)C(c2cccc(Cl)c2Cl)C(C(=O)OCCCCCC(C)(N)C(C)(O)COc2ccc(CC(N)=O)cc2)=C(C)N1. The van der Waals surface area contributed by atoms with E-state index >= 15 is 0 Å². The molecule has 0 aromatic heterocycles. The van der Waals surface area contributed by atoms with Gasteiger partial charge < -0.3 is 36.5 Å². The fraction of sp³-hybridized carbons (Fsp3) is 0.424. The van der Waals surface area contributed by atoms with Gasteiger partial charge in [0, 0.05) is 16.9 Å². The van der Waals surface area contributed by atoms with Crippen molar-refractivity contribution in [3.8, 4) is 5.75 Å². The van der Waals surface area contributed by atoms with Crippen LogP contribution in [0.2, 0.25) is 10.0 Å². The van der Waals surface area contributed by atoms with Crippen LogP contribution in [0.15, 0.2) is 65.0 Å². The Labute approximate surface area is 273 Å². The number of amides is 1. The number of carboxylic acids is 1. The number of esters is 1. The molecule has 10 nitrogen and oxygen atoms in total. The first-order chi connectivity index (χ1) is 21.1. The number of dihydropyridines is 1. The molecule has 7 N–H and O–H groups in total. The van der Waals surface area contributed by atoms with Crippen molar-refractivity contribution in [2.24, 2.45) is 11.5 Å². The van der Waals surface area contributed by atoms with Crippen molar-refractivity contribution in [3.05, 3.63) is 86.2 Å². The van der Waals surface area contributed by atoms with Crippen LogP contribution in [0.3, 0.4) is 0 Å². The van der Waals surface area contributed by atoms with Crippen molar-refractivity contribution < 1.29 is 34.1 Å². The summed E-state index contributed by atoms with van der Waals surface area (Å²) in [6.07, 6.45) is 2.45. The van der Waals surface area contributed by atoms with Gasteiger partial charge in [0.15, 0.2) is 0 Å². The molecule has 3 unspecified atom stereocenters. The van der Waals surface area contributed by atoms with Crippen molar-refractivity contribution in [1.29, 1.82) is 0 Å². The molecule has 0 aliphatic carbocycles. The van der Waals surface area contributed by atoms with Crippen LogP contribution in [0.5, 0.6) is 5.75 Å². The average molecular weight is 663 g/mol. The highest BCUT2D eigenvalue weighted by atomic mass is 35.5. The summed E-state index contributed by atoms with van der Waals surface area (Å²) < 4.78 is 11.4. The molecule has 1 amide bonds. The van der Waals surface area contributed by atoms with Gasteiger partial charge in [-0.25, -0.2) is 9.59 Å². The summed E-state index contributed by atoms with van der Waals surface area (Å²) in [5, 5.41) is 24.5. The molecule has 0 fully saturated rings. The number of rotatable bonds is 15. The van der Waals surface area contributed by atoms with Gasteiger partial charge in [-0.05, 0) is 76.3 Å². The summed E-state index contributed by atoms with van der Waals surface area (Å²) in [7, 11) is 0. The Morgan fingerprint density at radius 3 is 2.24 bits per heavy atom. The van der Waals surface area contributed by atoms with Crippen LogP contribution in [0, 0.1) is 0 Å². The van der Waals surface area contributed by atoms with E-state index in [2.05, 4.69) is 5.32 Å². The van der Waals surface area contributed by atoms with E-state index in [0.717, 1.165) is 5.56 Å². The molecular formula is C33H41Cl2N3O7. The Bertz CT molecular complexity index is 1480. The maximum absolute atomic E-state index is 13.3. The monoisotopic (exact) mass is 661 g/mol. The van der Waals surface area contributed by atoms with Crippen LogP contribution in [-0.2, 0) is 25.5 Å². The largest absolute Gasteiger partial charge is 0.491 e. The third-order valence-corrected chi connectivity index (χ3v) is 8.96. The van der Waals surface area contributed by atoms with E-state index in [1.54, 1.807) is 70.2 Å². The summed E-state index contributed by atoms with van der Waals surface area (Å²) in [6.45, 7) is 6.74. The van der Waals surface area contributed by atoms with Crippen molar-refractivity contribution in [1.82, 2.24) is 5.32 Å². The molecule has 0 radical (unpaired) electrons. The van der Waals surface area contributed by atoms with E-state index in [1.807, 2.05) is 0 Å². The predicted molar refractivity (Wildman–Crippen MR) is 173 cm³/mol. The molecule has 1 heterocycles. The Balaban J connectivity index is 1.55. The number of unbranched alkanes of at least 4 members (excludes halogenated alkanes) is 2. The molecule has 0 bridgehead atoms. The van der Waals surface area contributed by atoms with E-state index in [9.17, 15) is 24.6 Å². The number of allylic oxidation sites excluding steroid dienone is 2. The molecule has 1 aliphatic heterocycles. The molecule has 45 heavy (non-hydrogen) atoms. The standard InChI is InChI=1S/C33H41Cl2N3O7/c1-19-26(30(40)41)28(23-9-8-10-24(34)29(23)35)27(20(2)38-19)31(42)44-16-7-5-6-15-32(3,37)33(4,43)18-45-22-13-11-21(12-14-22)17-25(36)39/h8-14,28,38,43H,5-7,15-18,37H2,1-4H3,(H2,36,39)(H,40,41). The number of carboxylic acid groups (broad SMARTS) is 1. The Morgan fingerprint density at radius 1 is 0.978 bits per heavy atom. The highest BCUT2D eigenvalue weighted by Gasteiger charge is 2.41. The number of hydrogen-bond acceptors (Lipinski definition) is 8. The van der Waals surface area contributed by atoms with Crippen LogP contribution in [-0.4, -0.2) is 52.4 Å². The molecule has 3 atom stereocenters. The maximum atomic E-state index is 13.3. The van der Waals surface area contributed by atoms with Gasteiger partial charge in [0.2, 0.25) is 5.91 Å². The lowest BCUT2D eigenvalue weighted by molar-refractivity contribution is -0.139. The number of primary amides is 1. The zero-order chi connectivity index (χ0) is 33.5. The van der Waals surface area contributed by atoms with Gasteiger partial charge in [-0.2, -0.15) is 0 Å². The second kappa shape index (κ2) is 15.1. The van der Waals surface area contributed by atoms with Crippen LogP contribution in [0.1, 0.15) is 70.4 Å². The zero-order valence-corrected chi connectivity index (χ0v) is 27.4.